The summed E-state index contributed by atoms with van der Waals surface area (Å²) < 4.78 is 9.01. The fourth-order valence-corrected chi connectivity index (χ4v) is 7.41. The first-order chi connectivity index (χ1) is 21.3. The lowest BCUT2D eigenvalue weighted by atomic mass is 10.0. The maximum atomic E-state index is 13.1. The number of carbonyl (C=O) groups is 1. The van der Waals surface area contributed by atoms with Crippen LogP contribution >= 0.6 is 11.3 Å². The van der Waals surface area contributed by atoms with Crippen molar-refractivity contribution in [1.29, 1.82) is 0 Å². The summed E-state index contributed by atoms with van der Waals surface area (Å²) in [7, 11) is 5.71. The third kappa shape index (κ3) is 5.13. The number of quaternary nitrogens is 1. The third-order valence-electron chi connectivity index (χ3n) is 9.04. The van der Waals surface area contributed by atoms with E-state index in [1.54, 1.807) is 37.3 Å². The van der Waals surface area contributed by atoms with Crippen molar-refractivity contribution in [3.8, 4) is 16.9 Å². The first-order valence-corrected chi connectivity index (χ1v) is 16.2. The van der Waals surface area contributed by atoms with Crippen LogP contribution in [0.25, 0.3) is 32.4 Å². The summed E-state index contributed by atoms with van der Waals surface area (Å²) in [6.07, 6.45) is 6.43. The summed E-state index contributed by atoms with van der Waals surface area (Å²) in [5.41, 5.74) is 4.17. The Morgan fingerprint density at radius 3 is 2.66 bits per heavy atom. The molecule has 0 atom stereocenters. The number of rotatable bonds is 6. The molecule has 5 heterocycles. The van der Waals surface area contributed by atoms with E-state index in [2.05, 4.69) is 21.5 Å². The molecule has 1 aliphatic carbocycles. The van der Waals surface area contributed by atoms with Gasteiger partial charge in [0.1, 0.15) is 27.6 Å². The molecule has 10 nitrogen and oxygen atoms in total. The Morgan fingerprint density at radius 2 is 1.93 bits per heavy atom. The molecule has 0 spiro atoms. The van der Waals surface area contributed by atoms with Gasteiger partial charge in [-0.25, -0.2) is 9.97 Å². The summed E-state index contributed by atoms with van der Waals surface area (Å²) in [5, 5.41) is 13.9. The number of benzene rings is 1. The lowest BCUT2D eigenvalue weighted by Gasteiger charge is -2.30. The summed E-state index contributed by atoms with van der Waals surface area (Å²) in [6, 6.07) is 9.27. The van der Waals surface area contributed by atoms with Gasteiger partial charge in [-0.15, -0.1) is 11.3 Å². The molecule has 5 aromatic rings. The van der Waals surface area contributed by atoms with Crippen molar-refractivity contribution in [2.75, 3.05) is 52.2 Å². The predicted octanol–water partition coefficient (Wildman–Crippen LogP) is 3.71. The van der Waals surface area contributed by atoms with Crippen molar-refractivity contribution >= 4 is 44.4 Å². The summed E-state index contributed by atoms with van der Waals surface area (Å²) in [6.45, 7) is 3.65. The number of likely N-dealkylation sites (N-methyl/N-ethyl adjacent to an activating group) is 1. The fraction of sp³-hybridized carbons (Fsp3) is 0.394. The van der Waals surface area contributed by atoms with Crippen molar-refractivity contribution < 1.29 is 19.2 Å². The van der Waals surface area contributed by atoms with Gasteiger partial charge in [-0.2, -0.15) is 0 Å². The van der Waals surface area contributed by atoms with Crippen LogP contribution in [-0.2, 0) is 6.42 Å². The van der Waals surface area contributed by atoms with Gasteiger partial charge in [0, 0.05) is 60.7 Å². The summed E-state index contributed by atoms with van der Waals surface area (Å²) in [4.78, 5) is 40.7. The molecule has 1 amide bonds. The zero-order valence-corrected chi connectivity index (χ0v) is 26.1. The molecule has 0 bridgehead atoms. The number of thiophene rings is 1. The highest BCUT2D eigenvalue weighted by molar-refractivity contribution is 7.17. The van der Waals surface area contributed by atoms with E-state index in [4.69, 9.17) is 9.40 Å². The van der Waals surface area contributed by atoms with Gasteiger partial charge in [0.25, 0.3) is 5.91 Å². The zero-order chi connectivity index (χ0) is 30.5. The Morgan fingerprint density at radius 1 is 1.16 bits per heavy atom. The minimum absolute atomic E-state index is 0.0434. The summed E-state index contributed by atoms with van der Waals surface area (Å²) in [5.74, 6) is 1.26. The van der Waals surface area contributed by atoms with Crippen LogP contribution in [0.2, 0.25) is 0 Å². The van der Waals surface area contributed by atoms with Gasteiger partial charge in [0.15, 0.2) is 5.58 Å². The highest BCUT2D eigenvalue weighted by Gasteiger charge is 2.27. The summed E-state index contributed by atoms with van der Waals surface area (Å²) >= 11 is 1.36. The lowest BCUT2D eigenvalue weighted by Crippen LogP contribution is -3.12. The van der Waals surface area contributed by atoms with Gasteiger partial charge in [-0.3, -0.25) is 9.59 Å². The van der Waals surface area contributed by atoms with Crippen molar-refractivity contribution in [2.45, 2.75) is 38.1 Å². The van der Waals surface area contributed by atoms with Gasteiger partial charge in [0.05, 0.1) is 33.2 Å². The number of carbonyl (C=O) groups excluding carboxylic acids is 1. The van der Waals surface area contributed by atoms with E-state index in [0.29, 0.717) is 39.7 Å². The first-order valence-electron chi connectivity index (χ1n) is 15.3. The van der Waals surface area contributed by atoms with Crippen molar-refractivity contribution in [1.82, 2.24) is 19.4 Å². The Kier molecular flexibility index (Phi) is 7.37. The number of fused-ring (bicyclic) bond motifs is 2. The number of hydrogen-bond acceptors (Lipinski definition) is 8. The van der Waals surface area contributed by atoms with Gasteiger partial charge in [0.2, 0.25) is 11.3 Å². The third-order valence-corrected chi connectivity index (χ3v) is 10.0. The molecule has 44 heavy (non-hydrogen) atoms. The van der Waals surface area contributed by atoms with Crippen LogP contribution in [0.4, 0.5) is 5.88 Å². The zero-order valence-electron chi connectivity index (χ0n) is 25.3. The standard InChI is InChI=1S/C33H36N6O4S/c1-36(2)33(42)25-14-22-18-34-28(35-32(22)39(25)23-6-4-5-7-23)16-21-9-8-20(15-26(21)40)24-19-44-31-27(41)17-29(43-30(24)31)38-12-10-37(3)11-13-38/h8-9,14-15,17-19,23,40H,4-7,10-13,16H2,1-3H3/p+1. The molecule has 2 fully saturated rings. The molecule has 1 saturated heterocycles. The molecule has 2 N–H and O–H groups in total. The van der Waals surface area contributed by atoms with Crippen molar-refractivity contribution in [3.05, 3.63) is 69.2 Å². The highest BCUT2D eigenvalue weighted by atomic mass is 32.1. The molecule has 228 valence electrons. The lowest BCUT2D eigenvalue weighted by molar-refractivity contribution is -0.880. The van der Waals surface area contributed by atoms with Gasteiger partial charge in [-0.1, -0.05) is 25.0 Å². The highest BCUT2D eigenvalue weighted by Crippen LogP contribution is 2.37. The largest absolute Gasteiger partial charge is 0.508 e. The van der Waals surface area contributed by atoms with E-state index in [-0.39, 0.29) is 23.1 Å². The maximum absolute atomic E-state index is 13.1. The second-order valence-electron chi connectivity index (χ2n) is 12.3. The molecule has 2 aliphatic rings. The normalized spacial score (nSPS) is 16.4. The minimum atomic E-state index is -0.0463. The number of anilines is 1. The van der Waals surface area contributed by atoms with E-state index in [9.17, 15) is 14.7 Å². The van der Waals surface area contributed by atoms with E-state index < -0.39 is 0 Å². The number of aromatic nitrogens is 3. The maximum Gasteiger partial charge on any atom is 0.270 e. The predicted molar refractivity (Wildman–Crippen MR) is 172 cm³/mol. The molecule has 4 aromatic heterocycles. The molecule has 1 saturated carbocycles. The number of phenolic OH excluding ortho intramolecular Hbond substituents is 1. The molecule has 7 rings (SSSR count). The Hall–Kier alpha value is -4.22. The van der Waals surface area contributed by atoms with E-state index in [1.165, 1.54) is 16.2 Å². The average molecular weight is 614 g/mol. The smallest absolute Gasteiger partial charge is 0.270 e. The van der Waals surface area contributed by atoms with Crippen LogP contribution in [0.3, 0.4) is 0 Å². The molecular weight excluding hydrogens is 576 g/mol. The molecular formula is C33H37N6O4S+. The molecule has 1 aliphatic heterocycles. The number of nitrogens with one attached hydrogen (secondary N) is 1. The number of aromatic hydroxyl groups is 1. The number of piperazine rings is 1. The van der Waals surface area contributed by atoms with Crippen LogP contribution in [0.5, 0.6) is 5.75 Å². The minimum Gasteiger partial charge on any atom is -0.508 e. The second kappa shape index (κ2) is 11.4. The Balaban J connectivity index is 1.20. The Labute approximate surface area is 259 Å². The number of phenols is 1. The number of nitrogens with zero attached hydrogens (tertiary/aromatic N) is 5. The topological polar surface area (TPSA) is 109 Å². The first kappa shape index (κ1) is 28.5. The van der Waals surface area contributed by atoms with E-state index in [0.717, 1.165) is 74.0 Å². The molecule has 1 aromatic carbocycles. The van der Waals surface area contributed by atoms with Crippen molar-refractivity contribution in [3.63, 3.8) is 0 Å². The monoisotopic (exact) mass is 613 g/mol. The average Bonchev–Trinajstić information content (AvgIpc) is 3.77. The van der Waals surface area contributed by atoms with Crippen LogP contribution in [0.15, 0.2) is 51.1 Å². The van der Waals surface area contributed by atoms with Gasteiger partial charge < -0.3 is 28.8 Å². The Bertz CT molecular complexity index is 1930. The van der Waals surface area contributed by atoms with Crippen LogP contribution in [0.1, 0.15) is 53.6 Å². The van der Waals surface area contributed by atoms with Gasteiger partial charge in [-0.05, 0) is 30.5 Å². The molecule has 0 unspecified atom stereocenters. The van der Waals surface area contributed by atoms with Crippen LogP contribution in [0, 0.1) is 0 Å². The quantitative estimate of drug-likeness (QED) is 0.301. The second-order valence-corrected chi connectivity index (χ2v) is 13.2. The SMILES string of the molecule is CN(C)C(=O)c1cc2cnc(Cc3ccc(-c4csc5c(=O)cc(N6CC[NH+](C)CC6)oc45)cc3O)nc2n1C1CCCC1. The molecule has 0 radical (unpaired) electrons. The van der Waals surface area contributed by atoms with Gasteiger partial charge >= 0.3 is 0 Å². The van der Waals surface area contributed by atoms with Crippen LogP contribution < -0.4 is 15.2 Å². The van der Waals surface area contributed by atoms with Crippen LogP contribution in [-0.4, -0.2) is 77.8 Å². The van der Waals surface area contributed by atoms with E-state index >= 15 is 0 Å². The van der Waals surface area contributed by atoms with Crippen molar-refractivity contribution in [2.24, 2.45) is 0 Å². The molecule has 11 heteroatoms. The number of hydrogen-bond donors (Lipinski definition) is 2. The number of amides is 1. The fourth-order valence-electron chi connectivity index (χ4n) is 6.50. The van der Waals surface area contributed by atoms with E-state index in [1.807, 2.05) is 23.6 Å².